The van der Waals surface area contributed by atoms with E-state index in [0.717, 1.165) is 0 Å². The van der Waals surface area contributed by atoms with Gasteiger partial charge in [0.1, 0.15) is 5.82 Å². The molecule has 0 N–H and O–H groups in total. The Morgan fingerprint density at radius 3 is 2.47 bits per heavy atom. The average molecular weight is 298 g/mol. The predicted molar refractivity (Wildman–Crippen MR) is 62.9 cm³/mol. The number of fused-ring (bicyclic) bond motifs is 1. The van der Waals surface area contributed by atoms with Crippen molar-refractivity contribution in [3.63, 3.8) is 0 Å². The molecule has 2 fully saturated rings. The molecule has 0 spiro atoms. The molecule has 3 nitrogen and oxygen atoms in total. The molecule has 1 aliphatic heterocycles. The summed E-state index contributed by atoms with van der Waals surface area (Å²) >= 11 is 3.07. The van der Waals surface area contributed by atoms with Crippen molar-refractivity contribution >= 4 is 33.4 Å². The van der Waals surface area contributed by atoms with E-state index in [9.17, 15) is 14.0 Å². The lowest BCUT2D eigenvalue weighted by atomic mass is 10.1. The highest BCUT2D eigenvalue weighted by Gasteiger charge is 2.59. The lowest BCUT2D eigenvalue weighted by Crippen LogP contribution is -2.33. The Morgan fingerprint density at radius 2 is 1.88 bits per heavy atom. The van der Waals surface area contributed by atoms with Gasteiger partial charge in [0.2, 0.25) is 11.8 Å². The highest BCUT2D eigenvalue weighted by molar-refractivity contribution is 9.10. The average Bonchev–Trinajstić information content (AvgIpc) is 3.00. The summed E-state index contributed by atoms with van der Waals surface area (Å²) in [4.78, 5) is 25.0. The van der Waals surface area contributed by atoms with Crippen molar-refractivity contribution in [2.45, 2.75) is 13.3 Å². The molecule has 5 heteroatoms. The van der Waals surface area contributed by atoms with Gasteiger partial charge in [-0.2, -0.15) is 0 Å². The number of aryl methyl sites for hydroxylation is 1. The summed E-state index contributed by atoms with van der Waals surface area (Å²) in [6.07, 6.45) is 0.676. The Balaban J connectivity index is 2.08. The molecular formula is C12H9BrFNO2. The third-order valence-corrected chi connectivity index (χ3v) is 3.95. The van der Waals surface area contributed by atoms with Crippen LogP contribution in [-0.2, 0) is 9.59 Å². The van der Waals surface area contributed by atoms with Crippen molar-refractivity contribution < 1.29 is 14.0 Å². The van der Waals surface area contributed by atoms with Crippen molar-refractivity contribution in [1.82, 2.24) is 0 Å². The van der Waals surface area contributed by atoms with E-state index in [4.69, 9.17) is 0 Å². The van der Waals surface area contributed by atoms with Gasteiger partial charge in [-0.05, 0) is 47.0 Å². The quantitative estimate of drug-likeness (QED) is 0.747. The number of benzene rings is 1. The smallest absolute Gasteiger partial charge is 0.237 e. The summed E-state index contributed by atoms with van der Waals surface area (Å²) in [7, 11) is 0. The number of carbonyl (C=O) groups is 2. The molecule has 0 aromatic heterocycles. The van der Waals surface area contributed by atoms with Gasteiger partial charge in [0.05, 0.1) is 22.0 Å². The SMILES string of the molecule is Cc1cc(F)c(Br)cc1N1C(=O)C2CC2C1=O. The van der Waals surface area contributed by atoms with Crippen LogP contribution in [0.3, 0.4) is 0 Å². The number of rotatable bonds is 1. The van der Waals surface area contributed by atoms with Crippen molar-refractivity contribution in [2.24, 2.45) is 11.8 Å². The van der Waals surface area contributed by atoms with Crippen LogP contribution in [0.5, 0.6) is 0 Å². The van der Waals surface area contributed by atoms with E-state index in [1.807, 2.05) is 0 Å². The molecular weight excluding hydrogens is 289 g/mol. The van der Waals surface area contributed by atoms with Gasteiger partial charge in [-0.15, -0.1) is 0 Å². The minimum Gasteiger partial charge on any atom is -0.274 e. The summed E-state index contributed by atoms with van der Waals surface area (Å²) in [6.45, 7) is 1.69. The summed E-state index contributed by atoms with van der Waals surface area (Å²) < 4.78 is 13.6. The van der Waals surface area contributed by atoms with Crippen LogP contribution in [0.25, 0.3) is 0 Å². The third-order valence-electron chi connectivity index (χ3n) is 3.35. The first-order valence-electron chi connectivity index (χ1n) is 5.34. The van der Waals surface area contributed by atoms with E-state index >= 15 is 0 Å². The lowest BCUT2D eigenvalue weighted by molar-refractivity contribution is -0.123. The van der Waals surface area contributed by atoms with Crippen LogP contribution < -0.4 is 4.90 Å². The molecule has 2 amide bonds. The molecule has 0 bridgehead atoms. The molecule has 2 aliphatic rings. The first-order chi connectivity index (χ1) is 8.00. The summed E-state index contributed by atoms with van der Waals surface area (Å²) in [5.41, 5.74) is 1.08. The molecule has 0 radical (unpaired) electrons. The van der Waals surface area contributed by atoms with Gasteiger partial charge in [0, 0.05) is 0 Å². The summed E-state index contributed by atoms with van der Waals surface area (Å²) in [5.74, 6) is -0.963. The molecule has 1 heterocycles. The van der Waals surface area contributed by atoms with Crippen molar-refractivity contribution in [2.75, 3.05) is 4.90 Å². The highest BCUT2D eigenvalue weighted by atomic mass is 79.9. The molecule has 1 saturated heterocycles. The number of imide groups is 1. The maximum atomic E-state index is 13.3. The second kappa shape index (κ2) is 3.38. The molecule has 2 atom stereocenters. The number of piperidine rings is 1. The van der Waals surface area contributed by atoms with Gasteiger partial charge in [0.25, 0.3) is 0 Å². The number of nitrogens with zero attached hydrogens (tertiary/aromatic N) is 1. The van der Waals surface area contributed by atoms with Crippen LogP contribution in [0.4, 0.5) is 10.1 Å². The molecule has 1 aromatic rings. The van der Waals surface area contributed by atoms with E-state index in [1.54, 1.807) is 6.92 Å². The monoisotopic (exact) mass is 297 g/mol. The zero-order valence-electron chi connectivity index (χ0n) is 9.04. The van der Waals surface area contributed by atoms with Crippen molar-refractivity contribution in [1.29, 1.82) is 0 Å². The maximum absolute atomic E-state index is 13.3. The van der Waals surface area contributed by atoms with Gasteiger partial charge in [0.15, 0.2) is 0 Å². The minimum absolute atomic E-state index is 0.134. The summed E-state index contributed by atoms with van der Waals surface area (Å²) in [5, 5.41) is 0. The Morgan fingerprint density at radius 1 is 1.29 bits per heavy atom. The van der Waals surface area contributed by atoms with Gasteiger partial charge in [-0.1, -0.05) is 0 Å². The van der Waals surface area contributed by atoms with Gasteiger partial charge < -0.3 is 0 Å². The fourth-order valence-electron chi connectivity index (χ4n) is 2.30. The Hall–Kier alpha value is -1.23. The fourth-order valence-corrected chi connectivity index (χ4v) is 2.63. The van der Waals surface area contributed by atoms with Gasteiger partial charge >= 0.3 is 0 Å². The third kappa shape index (κ3) is 1.45. The Labute approximate surface area is 106 Å². The van der Waals surface area contributed by atoms with Gasteiger partial charge in [-0.3, -0.25) is 9.59 Å². The number of anilines is 1. The van der Waals surface area contributed by atoms with E-state index in [0.29, 0.717) is 17.7 Å². The van der Waals surface area contributed by atoms with Gasteiger partial charge in [-0.25, -0.2) is 9.29 Å². The van der Waals surface area contributed by atoms with Crippen LogP contribution >= 0.6 is 15.9 Å². The normalized spacial score (nSPS) is 26.4. The maximum Gasteiger partial charge on any atom is 0.237 e. The first kappa shape index (κ1) is 10.9. The van der Waals surface area contributed by atoms with Crippen LogP contribution in [-0.4, -0.2) is 11.8 Å². The fraction of sp³-hybridized carbons (Fsp3) is 0.333. The Bertz CT molecular complexity index is 538. The van der Waals surface area contributed by atoms with E-state index < -0.39 is 5.82 Å². The molecule has 1 aromatic carbocycles. The zero-order valence-corrected chi connectivity index (χ0v) is 10.6. The molecule has 88 valence electrons. The molecule has 1 saturated carbocycles. The Kier molecular flexibility index (Phi) is 2.17. The molecule has 17 heavy (non-hydrogen) atoms. The number of hydrogen-bond acceptors (Lipinski definition) is 2. The zero-order chi connectivity index (χ0) is 12.3. The standard InChI is InChI=1S/C12H9BrFNO2/c1-5-2-9(14)8(13)4-10(5)15-11(16)6-3-7(6)12(15)17/h2,4,6-7H,3H2,1H3. The first-order valence-corrected chi connectivity index (χ1v) is 6.13. The van der Waals surface area contributed by atoms with E-state index in [1.165, 1.54) is 17.0 Å². The van der Waals surface area contributed by atoms with Crippen LogP contribution in [0, 0.1) is 24.6 Å². The molecule has 2 unspecified atom stereocenters. The molecule has 1 aliphatic carbocycles. The largest absolute Gasteiger partial charge is 0.274 e. The van der Waals surface area contributed by atoms with Crippen molar-refractivity contribution in [3.8, 4) is 0 Å². The van der Waals surface area contributed by atoms with E-state index in [-0.39, 0.29) is 28.1 Å². The number of carbonyl (C=O) groups excluding carboxylic acids is 2. The second-order valence-corrected chi connectivity index (χ2v) is 5.37. The number of halogens is 2. The van der Waals surface area contributed by atoms with Crippen LogP contribution in [0.2, 0.25) is 0 Å². The lowest BCUT2D eigenvalue weighted by Gasteiger charge is -2.19. The minimum atomic E-state index is -0.393. The topological polar surface area (TPSA) is 37.4 Å². The van der Waals surface area contributed by atoms with Crippen LogP contribution in [0.1, 0.15) is 12.0 Å². The highest BCUT2D eigenvalue weighted by Crippen LogP contribution is 2.49. The summed E-state index contributed by atoms with van der Waals surface area (Å²) in [6, 6.07) is 2.81. The number of hydrogen-bond donors (Lipinski definition) is 0. The molecule has 3 rings (SSSR count). The van der Waals surface area contributed by atoms with Crippen molar-refractivity contribution in [3.05, 3.63) is 28.0 Å². The second-order valence-electron chi connectivity index (χ2n) is 4.51. The number of amides is 2. The van der Waals surface area contributed by atoms with E-state index in [2.05, 4.69) is 15.9 Å². The van der Waals surface area contributed by atoms with Crippen LogP contribution in [0.15, 0.2) is 16.6 Å². The predicted octanol–water partition coefficient (Wildman–Crippen LogP) is 2.41.